The molecule has 0 unspecified atom stereocenters. The Bertz CT molecular complexity index is 631. The van der Waals surface area contributed by atoms with E-state index in [9.17, 15) is 13.5 Å². The SMILES string of the molecule is O=S(=O)(O)Cc1ccc2c(O)cccc2c1. The lowest BCUT2D eigenvalue weighted by Gasteiger charge is -2.03. The first kappa shape index (κ1) is 10.9. The van der Waals surface area contributed by atoms with Crippen LogP contribution in [0.2, 0.25) is 0 Å². The minimum absolute atomic E-state index is 0.149. The molecule has 0 saturated heterocycles. The summed E-state index contributed by atoms with van der Waals surface area (Å²) in [6, 6.07) is 9.83. The number of benzene rings is 2. The Morgan fingerprint density at radius 3 is 2.56 bits per heavy atom. The summed E-state index contributed by atoms with van der Waals surface area (Å²) in [5.41, 5.74) is 0.487. The number of hydrogen-bond donors (Lipinski definition) is 2. The molecule has 0 spiro atoms. The van der Waals surface area contributed by atoms with Gasteiger partial charge in [0.15, 0.2) is 0 Å². The third-order valence-corrected chi connectivity index (χ3v) is 2.97. The molecule has 4 nitrogen and oxygen atoms in total. The van der Waals surface area contributed by atoms with Gasteiger partial charge in [0.2, 0.25) is 0 Å². The van der Waals surface area contributed by atoms with Crippen LogP contribution in [0.1, 0.15) is 5.56 Å². The van der Waals surface area contributed by atoms with Crippen molar-refractivity contribution >= 4 is 20.9 Å². The van der Waals surface area contributed by atoms with Crippen LogP contribution in [0, 0.1) is 0 Å². The first-order valence-corrected chi connectivity index (χ1v) is 6.22. The Labute approximate surface area is 92.9 Å². The zero-order chi connectivity index (χ0) is 11.8. The number of phenols is 1. The van der Waals surface area contributed by atoms with Gasteiger partial charge in [0, 0.05) is 5.39 Å². The highest BCUT2D eigenvalue weighted by atomic mass is 32.2. The van der Waals surface area contributed by atoms with E-state index in [-0.39, 0.29) is 5.75 Å². The molecule has 0 fully saturated rings. The molecule has 0 amide bonds. The standard InChI is InChI=1S/C11H10O4S/c12-11-3-1-2-9-6-8(4-5-10(9)11)7-16(13,14)15/h1-6,12H,7H2,(H,13,14,15). The summed E-state index contributed by atoms with van der Waals surface area (Å²) in [4.78, 5) is 0. The van der Waals surface area contributed by atoms with Crippen molar-refractivity contribution in [3.05, 3.63) is 42.0 Å². The smallest absolute Gasteiger partial charge is 0.269 e. The second kappa shape index (κ2) is 3.77. The van der Waals surface area contributed by atoms with Crippen molar-refractivity contribution < 1.29 is 18.1 Å². The third kappa shape index (κ3) is 2.32. The average molecular weight is 238 g/mol. The summed E-state index contributed by atoms with van der Waals surface area (Å²) in [5, 5.41) is 10.9. The normalized spacial score (nSPS) is 11.8. The highest BCUT2D eigenvalue weighted by molar-refractivity contribution is 7.85. The number of rotatable bonds is 2. The fourth-order valence-electron chi connectivity index (χ4n) is 1.62. The van der Waals surface area contributed by atoms with Crippen LogP contribution in [-0.2, 0) is 15.9 Å². The molecule has 0 atom stereocenters. The molecule has 0 saturated carbocycles. The van der Waals surface area contributed by atoms with Gasteiger partial charge in [-0.3, -0.25) is 4.55 Å². The van der Waals surface area contributed by atoms with E-state index in [1.54, 1.807) is 36.4 Å². The predicted molar refractivity (Wildman–Crippen MR) is 60.9 cm³/mol. The van der Waals surface area contributed by atoms with Gasteiger partial charge in [0.25, 0.3) is 10.1 Å². The second-order valence-electron chi connectivity index (χ2n) is 3.56. The number of aromatic hydroxyl groups is 1. The van der Waals surface area contributed by atoms with Crippen LogP contribution in [0.15, 0.2) is 36.4 Å². The number of phenolic OH excluding ortho intramolecular Hbond substituents is 1. The Balaban J connectivity index is 2.53. The fraction of sp³-hybridized carbons (Fsp3) is 0.0909. The van der Waals surface area contributed by atoms with Gasteiger partial charge in [-0.05, 0) is 23.1 Å². The van der Waals surface area contributed by atoms with Gasteiger partial charge in [-0.15, -0.1) is 0 Å². The van der Waals surface area contributed by atoms with Gasteiger partial charge < -0.3 is 5.11 Å². The first-order chi connectivity index (χ1) is 7.46. The van der Waals surface area contributed by atoms with E-state index in [4.69, 9.17) is 4.55 Å². The van der Waals surface area contributed by atoms with Gasteiger partial charge in [0.05, 0.1) is 0 Å². The Kier molecular flexibility index (Phi) is 2.57. The average Bonchev–Trinajstić information content (AvgIpc) is 2.15. The summed E-state index contributed by atoms with van der Waals surface area (Å²) in [5.74, 6) is -0.269. The largest absolute Gasteiger partial charge is 0.507 e. The molecule has 0 heterocycles. The lowest BCUT2D eigenvalue weighted by molar-refractivity contribution is 0.481. The molecule has 0 aliphatic heterocycles. The summed E-state index contributed by atoms with van der Waals surface area (Å²) in [7, 11) is -4.02. The summed E-state index contributed by atoms with van der Waals surface area (Å²) in [6.45, 7) is 0. The van der Waals surface area contributed by atoms with Crippen LogP contribution in [0.5, 0.6) is 5.75 Å². The van der Waals surface area contributed by atoms with E-state index in [0.717, 1.165) is 5.39 Å². The van der Waals surface area contributed by atoms with Gasteiger partial charge >= 0.3 is 0 Å². The number of fused-ring (bicyclic) bond motifs is 1. The van der Waals surface area contributed by atoms with Gasteiger partial charge in [-0.2, -0.15) is 8.42 Å². The molecule has 0 bridgehead atoms. The minimum Gasteiger partial charge on any atom is -0.507 e. The summed E-state index contributed by atoms with van der Waals surface area (Å²) >= 11 is 0. The fourth-order valence-corrected chi connectivity index (χ4v) is 2.22. The molecular formula is C11H10O4S. The molecule has 2 aromatic carbocycles. The number of hydrogen-bond acceptors (Lipinski definition) is 3. The monoisotopic (exact) mass is 238 g/mol. The molecule has 2 aromatic rings. The second-order valence-corrected chi connectivity index (χ2v) is 5.01. The molecule has 0 aliphatic carbocycles. The van der Waals surface area contributed by atoms with E-state index < -0.39 is 15.9 Å². The minimum atomic E-state index is -4.02. The molecule has 84 valence electrons. The lowest BCUT2D eigenvalue weighted by atomic mass is 10.1. The predicted octanol–water partition coefficient (Wildman–Crippen LogP) is 1.93. The quantitative estimate of drug-likeness (QED) is 0.784. The van der Waals surface area contributed by atoms with Gasteiger partial charge in [0.1, 0.15) is 11.5 Å². The highest BCUT2D eigenvalue weighted by Gasteiger charge is 2.07. The van der Waals surface area contributed by atoms with E-state index >= 15 is 0 Å². The van der Waals surface area contributed by atoms with Crippen LogP contribution in [0.25, 0.3) is 10.8 Å². The molecule has 0 aliphatic rings. The van der Waals surface area contributed by atoms with E-state index in [2.05, 4.69) is 0 Å². The maximum absolute atomic E-state index is 10.7. The van der Waals surface area contributed by atoms with Crippen molar-refractivity contribution in [2.45, 2.75) is 5.75 Å². The summed E-state index contributed by atoms with van der Waals surface area (Å²) < 4.78 is 30.1. The topological polar surface area (TPSA) is 74.6 Å². The van der Waals surface area contributed by atoms with Crippen molar-refractivity contribution in [3.8, 4) is 5.75 Å². The summed E-state index contributed by atoms with van der Waals surface area (Å²) in [6.07, 6.45) is 0. The molecule has 16 heavy (non-hydrogen) atoms. The zero-order valence-electron chi connectivity index (χ0n) is 8.29. The van der Waals surface area contributed by atoms with Crippen LogP contribution in [0.4, 0.5) is 0 Å². The first-order valence-electron chi connectivity index (χ1n) is 4.61. The van der Waals surface area contributed by atoms with E-state index in [0.29, 0.717) is 10.9 Å². The van der Waals surface area contributed by atoms with Crippen molar-refractivity contribution in [2.24, 2.45) is 0 Å². The van der Waals surface area contributed by atoms with Crippen LogP contribution >= 0.6 is 0 Å². The van der Waals surface area contributed by atoms with E-state index in [1.807, 2.05) is 0 Å². The molecule has 2 rings (SSSR count). The zero-order valence-corrected chi connectivity index (χ0v) is 9.11. The van der Waals surface area contributed by atoms with Crippen molar-refractivity contribution in [1.82, 2.24) is 0 Å². The Hall–Kier alpha value is -1.59. The molecule has 2 N–H and O–H groups in total. The van der Waals surface area contributed by atoms with Gasteiger partial charge in [-0.25, -0.2) is 0 Å². The van der Waals surface area contributed by atoms with Crippen molar-refractivity contribution in [2.75, 3.05) is 0 Å². The van der Waals surface area contributed by atoms with Crippen LogP contribution < -0.4 is 0 Å². The maximum Gasteiger partial charge on any atom is 0.269 e. The van der Waals surface area contributed by atoms with Crippen LogP contribution in [-0.4, -0.2) is 18.1 Å². The maximum atomic E-state index is 10.7. The van der Waals surface area contributed by atoms with E-state index in [1.165, 1.54) is 0 Å². The third-order valence-electron chi connectivity index (χ3n) is 2.27. The molecule has 0 aromatic heterocycles. The molecular weight excluding hydrogens is 228 g/mol. The molecule has 0 radical (unpaired) electrons. The lowest BCUT2D eigenvalue weighted by Crippen LogP contribution is -2.01. The van der Waals surface area contributed by atoms with Crippen molar-refractivity contribution in [1.29, 1.82) is 0 Å². The molecule has 5 heteroatoms. The van der Waals surface area contributed by atoms with Crippen molar-refractivity contribution in [3.63, 3.8) is 0 Å². The Morgan fingerprint density at radius 2 is 1.88 bits per heavy atom. The Morgan fingerprint density at radius 1 is 1.12 bits per heavy atom. The van der Waals surface area contributed by atoms with Crippen LogP contribution in [0.3, 0.4) is 0 Å². The van der Waals surface area contributed by atoms with Gasteiger partial charge in [-0.1, -0.05) is 24.3 Å². The highest BCUT2D eigenvalue weighted by Crippen LogP contribution is 2.25.